The minimum absolute atomic E-state index is 0.343. The first kappa shape index (κ1) is 12.5. The maximum atomic E-state index is 5.67. The summed E-state index contributed by atoms with van der Waals surface area (Å²) in [6, 6.07) is 0.343. The maximum absolute atomic E-state index is 5.67. The zero-order valence-electron chi connectivity index (χ0n) is 10.1. The van der Waals surface area contributed by atoms with Crippen molar-refractivity contribution in [1.82, 2.24) is 5.32 Å². The summed E-state index contributed by atoms with van der Waals surface area (Å²) < 4.78 is 10.8. The van der Waals surface area contributed by atoms with Gasteiger partial charge in [-0.3, -0.25) is 0 Å². The molecular weight excluding hydrogens is 190 g/mol. The van der Waals surface area contributed by atoms with Gasteiger partial charge in [0.15, 0.2) is 0 Å². The van der Waals surface area contributed by atoms with E-state index in [1.54, 1.807) is 7.11 Å². The molecule has 3 heteroatoms. The van der Waals surface area contributed by atoms with E-state index < -0.39 is 0 Å². The number of hydrogen-bond acceptors (Lipinski definition) is 3. The molecule has 0 aliphatic carbocycles. The van der Waals surface area contributed by atoms with Gasteiger partial charge in [-0.2, -0.15) is 0 Å². The zero-order chi connectivity index (χ0) is 11.1. The van der Waals surface area contributed by atoms with Crippen LogP contribution in [-0.4, -0.2) is 33.4 Å². The summed E-state index contributed by atoms with van der Waals surface area (Å²) in [5.41, 5.74) is 0. The average molecular weight is 213 g/mol. The quantitative estimate of drug-likeness (QED) is 0.731. The Morgan fingerprint density at radius 3 is 2.93 bits per heavy atom. The molecular formula is C12H23NO2. The Balaban J connectivity index is 2.43. The third kappa shape index (κ3) is 4.22. The molecule has 1 aliphatic rings. The van der Waals surface area contributed by atoms with Gasteiger partial charge in [0, 0.05) is 13.7 Å². The summed E-state index contributed by atoms with van der Waals surface area (Å²) in [5.74, 6) is 1.67. The summed E-state index contributed by atoms with van der Waals surface area (Å²) in [7, 11) is 3.74. The van der Waals surface area contributed by atoms with Gasteiger partial charge in [0.25, 0.3) is 0 Å². The van der Waals surface area contributed by atoms with Crippen molar-refractivity contribution in [3.05, 3.63) is 11.8 Å². The first-order valence-corrected chi connectivity index (χ1v) is 5.77. The Morgan fingerprint density at radius 1 is 1.60 bits per heavy atom. The lowest BCUT2D eigenvalue weighted by atomic mass is 10.00. The van der Waals surface area contributed by atoms with Crippen molar-refractivity contribution in [2.75, 3.05) is 27.4 Å². The van der Waals surface area contributed by atoms with E-state index in [2.05, 4.69) is 18.3 Å². The normalized spacial score (nSPS) is 20.3. The molecule has 2 unspecified atom stereocenters. The summed E-state index contributed by atoms with van der Waals surface area (Å²) in [6.45, 7) is 3.88. The number of nitrogens with one attached hydrogen (secondary N) is 1. The number of rotatable bonds is 6. The van der Waals surface area contributed by atoms with Crippen LogP contribution in [0.4, 0.5) is 0 Å². The van der Waals surface area contributed by atoms with Crippen LogP contribution in [0.3, 0.4) is 0 Å². The van der Waals surface area contributed by atoms with Gasteiger partial charge in [0.05, 0.1) is 12.6 Å². The van der Waals surface area contributed by atoms with Crippen LogP contribution < -0.4 is 5.32 Å². The van der Waals surface area contributed by atoms with Gasteiger partial charge < -0.3 is 14.8 Å². The molecule has 0 saturated heterocycles. The van der Waals surface area contributed by atoms with Crippen LogP contribution in [-0.2, 0) is 9.47 Å². The van der Waals surface area contributed by atoms with Gasteiger partial charge >= 0.3 is 0 Å². The van der Waals surface area contributed by atoms with Crippen LogP contribution in [0.5, 0.6) is 0 Å². The maximum Gasteiger partial charge on any atom is 0.109 e. The number of ether oxygens (including phenoxy) is 2. The molecule has 1 aliphatic heterocycles. The number of likely N-dealkylation sites (N-methyl/N-ethyl adjacent to an activating group) is 1. The van der Waals surface area contributed by atoms with Crippen LogP contribution >= 0.6 is 0 Å². The van der Waals surface area contributed by atoms with Crippen LogP contribution in [0, 0.1) is 5.92 Å². The van der Waals surface area contributed by atoms with Gasteiger partial charge in [-0.1, -0.05) is 6.92 Å². The van der Waals surface area contributed by atoms with Gasteiger partial charge in [-0.05, 0) is 38.3 Å². The number of methoxy groups -OCH3 is 1. The molecule has 0 fully saturated rings. The van der Waals surface area contributed by atoms with E-state index in [9.17, 15) is 0 Å². The van der Waals surface area contributed by atoms with Gasteiger partial charge in [-0.25, -0.2) is 0 Å². The van der Waals surface area contributed by atoms with Crippen molar-refractivity contribution in [3.63, 3.8) is 0 Å². The van der Waals surface area contributed by atoms with Gasteiger partial charge in [-0.15, -0.1) is 0 Å². The van der Waals surface area contributed by atoms with Crippen LogP contribution in [0.25, 0.3) is 0 Å². The Labute approximate surface area is 92.8 Å². The van der Waals surface area contributed by atoms with Crippen LogP contribution in [0.2, 0.25) is 0 Å². The minimum Gasteiger partial charge on any atom is -0.497 e. The highest BCUT2D eigenvalue weighted by Crippen LogP contribution is 2.18. The van der Waals surface area contributed by atoms with Crippen molar-refractivity contribution in [3.8, 4) is 0 Å². The molecule has 3 nitrogen and oxygen atoms in total. The highest BCUT2D eigenvalue weighted by Gasteiger charge is 2.18. The molecule has 0 aromatic carbocycles. The topological polar surface area (TPSA) is 30.5 Å². The lowest BCUT2D eigenvalue weighted by molar-refractivity contribution is 0.132. The number of allylic oxidation sites excluding steroid dienone is 1. The lowest BCUT2D eigenvalue weighted by Crippen LogP contribution is -2.32. The average Bonchev–Trinajstić information content (AvgIpc) is 2.27. The molecule has 1 rings (SSSR count). The van der Waals surface area contributed by atoms with Crippen molar-refractivity contribution in [2.24, 2.45) is 5.92 Å². The van der Waals surface area contributed by atoms with E-state index in [1.165, 1.54) is 0 Å². The summed E-state index contributed by atoms with van der Waals surface area (Å²) >= 11 is 0. The molecule has 0 bridgehead atoms. The molecule has 2 atom stereocenters. The van der Waals surface area contributed by atoms with E-state index in [0.717, 1.165) is 38.2 Å². The highest BCUT2D eigenvalue weighted by atomic mass is 16.5. The molecule has 1 N–H and O–H groups in total. The second kappa shape index (κ2) is 6.85. The molecule has 1 heterocycles. The Kier molecular flexibility index (Phi) is 5.73. The fourth-order valence-corrected chi connectivity index (χ4v) is 1.95. The Morgan fingerprint density at radius 2 is 2.40 bits per heavy atom. The van der Waals surface area contributed by atoms with E-state index in [0.29, 0.717) is 12.0 Å². The third-order valence-corrected chi connectivity index (χ3v) is 2.74. The van der Waals surface area contributed by atoms with E-state index in [4.69, 9.17) is 9.47 Å². The predicted octanol–water partition coefficient (Wildman–Crippen LogP) is 1.94. The first-order chi connectivity index (χ1) is 7.27. The number of hydrogen-bond donors (Lipinski definition) is 1. The second-order valence-electron chi connectivity index (χ2n) is 4.23. The highest BCUT2D eigenvalue weighted by molar-refractivity contribution is 5.05. The molecule has 15 heavy (non-hydrogen) atoms. The molecule has 0 radical (unpaired) electrons. The van der Waals surface area contributed by atoms with Crippen molar-refractivity contribution in [1.29, 1.82) is 0 Å². The van der Waals surface area contributed by atoms with Crippen LogP contribution in [0.1, 0.15) is 26.2 Å². The van der Waals surface area contributed by atoms with Gasteiger partial charge in [0.2, 0.25) is 0 Å². The van der Waals surface area contributed by atoms with E-state index >= 15 is 0 Å². The fraction of sp³-hybridized carbons (Fsp3) is 0.833. The monoisotopic (exact) mass is 213 g/mol. The smallest absolute Gasteiger partial charge is 0.109 e. The fourth-order valence-electron chi connectivity index (χ4n) is 1.95. The second-order valence-corrected chi connectivity index (χ2v) is 4.23. The van der Waals surface area contributed by atoms with Crippen molar-refractivity contribution < 1.29 is 9.47 Å². The summed E-state index contributed by atoms with van der Waals surface area (Å²) in [4.78, 5) is 0. The Hall–Kier alpha value is -0.540. The standard InChI is InChI=1S/C12H23NO2/c1-10(9-14-3)8-11(13-2)12-6-4-5-7-15-12/h6,10-11,13H,4-5,7-9H2,1-3H3. The molecule has 0 aromatic heterocycles. The third-order valence-electron chi connectivity index (χ3n) is 2.74. The zero-order valence-corrected chi connectivity index (χ0v) is 10.1. The van der Waals surface area contributed by atoms with E-state index in [1.807, 2.05) is 7.05 Å². The van der Waals surface area contributed by atoms with Crippen LogP contribution in [0.15, 0.2) is 11.8 Å². The van der Waals surface area contributed by atoms with E-state index in [-0.39, 0.29) is 0 Å². The van der Waals surface area contributed by atoms with Crippen molar-refractivity contribution >= 4 is 0 Å². The molecule has 0 aromatic rings. The minimum atomic E-state index is 0.343. The predicted molar refractivity (Wildman–Crippen MR) is 61.8 cm³/mol. The summed E-state index contributed by atoms with van der Waals surface area (Å²) in [6.07, 6.45) is 5.57. The Bertz CT molecular complexity index is 204. The molecule has 0 saturated carbocycles. The lowest BCUT2D eigenvalue weighted by Gasteiger charge is -2.25. The largest absolute Gasteiger partial charge is 0.497 e. The molecule has 88 valence electrons. The van der Waals surface area contributed by atoms with Gasteiger partial charge in [0.1, 0.15) is 5.76 Å². The molecule has 0 spiro atoms. The van der Waals surface area contributed by atoms with Crippen molar-refractivity contribution in [2.45, 2.75) is 32.2 Å². The molecule has 0 amide bonds. The summed E-state index contributed by atoms with van der Waals surface area (Å²) in [5, 5.41) is 3.31. The first-order valence-electron chi connectivity index (χ1n) is 5.77. The SMILES string of the molecule is CNC(CC(C)COC)C1=CCCCO1.